The van der Waals surface area contributed by atoms with Gasteiger partial charge in [-0.15, -0.1) is 0 Å². The summed E-state index contributed by atoms with van der Waals surface area (Å²) in [6.45, 7) is 0. The molecule has 1 aliphatic rings. The largest absolute Gasteiger partial charge is 0.366 e. The maximum atomic E-state index is 11.1. The van der Waals surface area contributed by atoms with Gasteiger partial charge in [-0.2, -0.15) is 0 Å². The van der Waals surface area contributed by atoms with Crippen LogP contribution in [0.1, 0.15) is 0 Å². The molecule has 1 aliphatic heterocycles. The smallest absolute Gasteiger partial charge is 0.258 e. The Balaban J connectivity index is 0.000000198. The number of nitrogens with zero attached hydrogens (tertiary/aromatic N) is 3. The van der Waals surface area contributed by atoms with E-state index in [1.807, 2.05) is 0 Å². The lowest BCUT2D eigenvalue weighted by molar-refractivity contribution is -0.424. The SMILES string of the molecule is O=[N+]([O-])c1ccc2c(c1[N+](=O)[O-])S2(=O)=O.O=[N+]([O-])c1ccccc1. The highest BCUT2D eigenvalue weighted by molar-refractivity contribution is 7.97. The summed E-state index contributed by atoms with van der Waals surface area (Å²) in [6, 6.07) is 9.75. The second-order valence-electron chi connectivity index (χ2n) is 4.37. The van der Waals surface area contributed by atoms with E-state index in [1.165, 1.54) is 12.1 Å². The molecule has 24 heavy (non-hydrogen) atoms. The monoisotopic (exact) mass is 353 g/mol. The molecule has 0 atom stereocenters. The van der Waals surface area contributed by atoms with Gasteiger partial charge in [0.1, 0.15) is 0 Å². The Hall–Kier alpha value is -3.41. The van der Waals surface area contributed by atoms with E-state index >= 15 is 0 Å². The maximum absolute atomic E-state index is 11.1. The third-order valence-corrected chi connectivity index (χ3v) is 4.60. The Labute approximate surface area is 133 Å². The third kappa shape index (κ3) is 3.03. The van der Waals surface area contributed by atoms with Gasteiger partial charge in [-0.25, -0.2) is 8.42 Å². The Morgan fingerprint density at radius 3 is 1.75 bits per heavy atom. The molecule has 0 bridgehead atoms. The Morgan fingerprint density at radius 1 is 0.750 bits per heavy atom. The molecule has 0 spiro atoms. The second kappa shape index (κ2) is 6.00. The van der Waals surface area contributed by atoms with Gasteiger partial charge in [0.15, 0.2) is 4.90 Å². The van der Waals surface area contributed by atoms with Crippen LogP contribution in [0.15, 0.2) is 52.3 Å². The molecule has 0 amide bonds. The van der Waals surface area contributed by atoms with Crippen molar-refractivity contribution in [3.05, 3.63) is 72.8 Å². The van der Waals surface area contributed by atoms with Gasteiger partial charge in [0, 0.05) is 18.2 Å². The third-order valence-electron chi connectivity index (χ3n) is 2.94. The number of sulfone groups is 1. The van der Waals surface area contributed by atoms with E-state index < -0.39 is 40.9 Å². The fraction of sp³-hybridized carbons (Fsp3) is 0. The molecule has 3 rings (SSSR count). The van der Waals surface area contributed by atoms with E-state index in [-0.39, 0.29) is 10.6 Å². The lowest BCUT2D eigenvalue weighted by atomic mass is 10.3. The van der Waals surface area contributed by atoms with E-state index in [0.717, 1.165) is 12.1 Å². The molecule has 0 aliphatic carbocycles. The van der Waals surface area contributed by atoms with Crippen LogP contribution in [0.3, 0.4) is 0 Å². The Morgan fingerprint density at radius 2 is 1.33 bits per heavy atom. The van der Waals surface area contributed by atoms with Crippen LogP contribution >= 0.6 is 0 Å². The van der Waals surface area contributed by atoms with E-state index in [4.69, 9.17) is 0 Å². The van der Waals surface area contributed by atoms with Gasteiger partial charge in [-0.1, -0.05) is 18.2 Å². The zero-order chi connectivity index (χ0) is 18.1. The lowest BCUT2D eigenvalue weighted by Crippen LogP contribution is -1.95. The van der Waals surface area contributed by atoms with E-state index in [9.17, 15) is 38.8 Å². The predicted molar refractivity (Wildman–Crippen MR) is 78.3 cm³/mol. The predicted octanol–water partition coefficient (Wildman–Crippen LogP) is 2.24. The van der Waals surface area contributed by atoms with Gasteiger partial charge in [0.25, 0.3) is 5.69 Å². The van der Waals surface area contributed by atoms with Crippen LogP contribution in [0.4, 0.5) is 17.1 Å². The summed E-state index contributed by atoms with van der Waals surface area (Å²) in [5.74, 6) is 0. The normalized spacial score (nSPS) is 13.0. The van der Waals surface area contributed by atoms with Crippen molar-refractivity contribution in [3.8, 4) is 0 Å². The topological polar surface area (TPSA) is 164 Å². The number of non-ortho nitro benzene ring substituents is 1. The molecular weight excluding hydrogens is 346 g/mol. The van der Waals surface area contributed by atoms with E-state index in [0.29, 0.717) is 0 Å². The van der Waals surface area contributed by atoms with Crippen molar-refractivity contribution < 1.29 is 23.2 Å². The molecular formula is C12H7N3O8S. The first kappa shape index (κ1) is 17.0. The van der Waals surface area contributed by atoms with Crippen molar-refractivity contribution in [1.29, 1.82) is 0 Å². The number of nitro benzene ring substituents is 3. The highest BCUT2D eigenvalue weighted by Gasteiger charge is 2.51. The summed E-state index contributed by atoms with van der Waals surface area (Å²) in [7, 11) is -3.75. The number of hydrogen-bond donors (Lipinski definition) is 0. The Bertz CT molecular complexity index is 956. The van der Waals surface area contributed by atoms with E-state index in [1.54, 1.807) is 18.2 Å². The number of nitro groups is 3. The molecule has 0 saturated heterocycles. The summed E-state index contributed by atoms with van der Waals surface area (Å²) < 4.78 is 22.2. The number of rotatable bonds is 3. The fourth-order valence-corrected chi connectivity index (χ4v) is 3.31. The number of hydrogen-bond acceptors (Lipinski definition) is 8. The van der Waals surface area contributed by atoms with Gasteiger partial charge in [0.2, 0.25) is 9.84 Å². The Kier molecular flexibility index (Phi) is 4.24. The zero-order valence-corrected chi connectivity index (χ0v) is 12.4. The average Bonchev–Trinajstić information content (AvgIpc) is 3.09. The summed E-state index contributed by atoms with van der Waals surface area (Å²) in [6.07, 6.45) is 0. The van der Waals surface area contributed by atoms with Gasteiger partial charge < -0.3 is 0 Å². The van der Waals surface area contributed by atoms with Crippen LogP contribution < -0.4 is 0 Å². The van der Waals surface area contributed by atoms with Crippen molar-refractivity contribution in [2.75, 3.05) is 0 Å². The fourth-order valence-electron chi connectivity index (χ4n) is 1.84. The van der Waals surface area contributed by atoms with Crippen molar-refractivity contribution in [3.63, 3.8) is 0 Å². The summed E-state index contributed by atoms with van der Waals surface area (Å²) >= 11 is 0. The highest BCUT2D eigenvalue weighted by Crippen LogP contribution is 2.50. The summed E-state index contributed by atoms with van der Waals surface area (Å²) in [4.78, 5) is 27.7. The van der Waals surface area contributed by atoms with Crippen LogP contribution in [0, 0.1) is 30.3 Å². The second-order valence-corrected chi connectivity index (χ2v) is 6.23. The molecule has 0 aromatic heterocycles. The summed E-state index contributed by atoms with van der Waals surface area (Å²) in [5, 5.41) is 30.9. The van der Waals surface area contributed by atoms with Crippen molar-refractivity contribution in [2.24, 2.45) is 0 Å². The van der Waals surface area contributed by atoms with Crippen molar-refractivity contribution in [1.82, 2.24) is 0 Å². The van der Waals surface area contributed by atoms with Gasteiger partial charge in [0.05, 0.1) is 19.7 Å². The number of benzene rings is 2. The molecule has 0 unspecified atom stereocenters. The maximum Gasteiger partial charge on any atom is 0.366 e. The summed E-state index contributed by atoms with van der Waals surface area (Å²) in [5.41, 5.74) is -1.62. The first-order valence-corrected chi connectivity index (χ1v) is 7.56. The standard InChI is InChI=1S/C6H2N2O6S.C6H5NO2/c9-7(10)3-1-2-4-6(15(4,13)14)5(3)8(11)12;8-7(9)6-4-2-1-3-5-6/h1-2H;1-5H. The van der Waals surface area contributed by atoms with E-state index in [2.05, 4.69) is 0 Å². The molecule has 2 aromatic carbocycles. The van der Waals surface area contributed by atoms with Gasteiger partial charge in [-0.3, -0.25) is 30.3 Å². The van der Waals surface area contributed by atoms with Gasteiger partial charge >= 0.3 is 11.4 Å². The first-order valence-electron chi connectivity index (χ1n) is 6.08. The lowest BCUT2D eigenvalue weighted by Gasteiger charge is -1.90. The highest BCUT2D eigenvalue weighted by atomic mass is 32.2. The van der Waals surface area contributed by atoms with Crippen molar-refractivity contribution >= 4 is 26.9 Å². The van der Waals surface area contributed by atoms with Crippen LogP contribution in [0.5, 0.6) is 0 Å². The molecule has 0 saturated carbocycles. The molecule has 1 heterocycles. The number of fused-ring (bicyclic) bond motifs is 1. The minimum absolute atomic E-state index is 0.137. The average molecular weight is 353 g/mol. The number of para-hydroxylation sites is 1. The zero-order valence-electron chi connectivity index (χ0n) is 11.6. The molecule has 124 valence electrons. The molecule has 0 radical (unpaired) electrons. The quantitative estimate of drug-likeness (QED) is 0.393. The molecule has 0 N–H and O–H groups in total. The van der Waals surface area contributed by atoms with Crippen LogP contribution in [0.25, 0.3) is 0 Å². The van der Waals surface area contributed by atoms with Crippen molar-refractivity contribution in [2.45, 2.75) is 9.79 Å². The first-order chi connectivity index (χ1) is 11.2. The molecule has 12 heteroatoms. The minimum atomic E-state index is -3.75. The molecule has 11 nitrogen and oxygen atoms in total. The molecule has 0 fully saturated rings. The van der Waals surface area contributed by atoms with Crippen LogP contribution in [-0.4, -0.2) is 23.2 Å². The minimum Gasteiger partial charge on any atom is -0.258 e. The molecule has 2 aromatic rings. The van der Waals surface area contributed by atoms with Crippen LogP contribution in [0.2, 0.25) is 0 Å². The van der Waals surface area contributed by atoms with Gasteiger partial charge in [-0.05, 0) is 6.07 Å². The van der Waals surface area contributed by atoms with Crippen LogP contribution in [-0.2, 0) is 9.84 Å².